The lowest BCUT2D eigenvalue weighted by Gasteiger charge is -2.12. The van der Waals surface area contributed by atoms with Crippen LogP contribution in [0, 0.1) is 10.1 Å². The van der Waals surface area contributed by atoms with Gasteiger partial charge in [0.25, 0.3) is 0 Å². The van der Waals surface area contributed by atoms with Gasteiger partial charge in [0.15, 0.2) is 5.13 Å². The molecule has 0 unspecified atom stereocenters. The molecule has 0 amide bonds. The van der Waals surface area contributed by atoms with Crippen LogP contribution in [-0.4, -0.2) is 34.6 Å². The van der Waals surface area contributed by atoms with Crippen LogP contribution >= 0.6 is 11.3 Å². The molecule has 0 saturated heterocycles. The molecule has 1 heterocycles. The Kier molecular flexibility index (Phi) is 3.56. The van der Waals surface area contributed by atoms with E-state index in [4.69, 9.17) is 5.11 Å². The van der Waals surface area contributed by atoms with Crippen molar-refractivity contribution in [2.75, 3.05) is 18.5 Å². The number of thiazole rings is 1. The summed E-state index contributed by atoms with van der Waals surface area (Å²) in [5.74, 6) is -0.909. The highest BCUT2D eigenvalue weighted by atomic mass is 32.1. The van der Waals surface area contributed by atoms with Crippen LogP contribution in [0.2, 0.25) is 0 Å². The second-order valence-electron chi connectivity index (χ2n) is 2.80. The number of anilines is 1. The lowest BCUT2D eigenvalue weighted by Crippen LogP contribution is -2.20. The summed E-state index contributed by atoms with van der Waals surface area (Å²) < 4.78 is 0. The Labute approximate surface area is 89.1 Å². The van der Waals surface area contributed by atoms with Crippen LogP contribution in [0.25, 0.3) is 0 Å². The van der Waals surface area contributed by atoms with E-state index in [2.05, 4.69) is 4.98 Å². The smallest absolute Gasteiger partial charge is 0.345 e. The average molecular weight is 231 g/mol. The Morgan fingerprint density at radius 2 is 2.47 bits per heavy atom. The van der Waals surface area contributed by atoms with E-state index in [0.717, 1.165) is 17.5 Å². The maximum absolute atomic E-state index is 10.4. The zero-order valence-electron chi connectivity index (χ0n) is 7.91. The predicted octanol–water partition coefficient (Wildman–Crippen LogP) is 0.962. The van der Waals surface area contributed by atoms with Crippen LogP contribution < -0.4 is 4.90 Å². The van der Waals surface area contributed by atoms with Crippen molar-refractivity contribution < 1.29 is 14.8 Å². The molecule has 1 aromatic heterocycles. The highest BCUT2D eigenvalue weighted by molar-refractivity contribution is 7.18. The van der Waals surface area contributed by atoms with E-state index in [-0.39, 0.29) is 18.0 Å². The lowest BCUT2D eigenvalue weighted by molar-refractivity contribution is -0.380. The number of aliphatic carboxylic acids is 1. The standard InChI is InChI=1S/C7H9N3O4S/c1-9(3-2-6(11)12)7-8-4-5(15-7)10(13)14/h4H,2-3H2,1H3,(H,11,12). The van der Waals surface area contributed by atoms with E-state index in [1.807, 2.05) is 0 Å². The molecule has 0 aliphatic carbocycles. The van der Waals surface area contributed by atoms with Gasteiger partial charge in [0, 0.05) is 13.6 Å². The Morgan fingerprint density at radius 1 is 1.80 bits per heavy atom. The summed E-state index contributed by atoms with van der Waals surface area (Å²) in [7, 11) is 1.64. The summed E-state index contributed by atoms with van der Waals surface area (Å²) in [6, 6.07) is 0. The number of carbonyl (C=O) groups is 1. The van der Waals surface area contributed by atoms with Gasteiger partial charge in [0.1, 0.15) is 6.20 Å². The molecule has 0 saturated carbocycles. The SMILES string of the molecule is CN(CCC(=O)O)c1ncc([N+](=O)[O-])s1. The van der Waals surface area contributed by atoms with Gasteiger partial charge < -0.3 is 10.0 Å². The van der Waals surface area contributed by atoms with Crippen LogP contribution in [0.15, 0.2) is 6.20 Å². The van der Waals surface area contributed by atoms with Gasteiger partial charge in [0.2, 0.25) is 0 Å². The average Bonchev–Trinajstić information content (AvgIpc) is 2.62. The second-order valence-corrected chi connectivity index (χ2v) is 3.79. The van der Waals surface area contributed by atoms with Crippen molar-refractivity contribution in [2.24, 2.45) is 0 Å². The number of rotatable bonds is 5. The first-order valence-corrected chi connectivity index (χ1v) is 4.85. The minimum Gasteiger partial charge on any atom is -0.481 e. The fraction of sp³-hybridized carbons (Fsp3) is 0.429. The van der Waals surface area contributed by atoms with Gasteiger partial charge in [0.05, 0.1) is 11.3 Å². The third-order valence-electron chi connectivity index (χ3n) is 1.65. The Bertz CT molecular complexity index is 378. The first-order valence-electron chi connectivity index (χ1n) is 4.04. The van der Waals surface area contributed by atoms with E-state index in [1.54, 1.807) is 11.9 Å². The summed E-state index contributed by atoms with van der Waals surface area (Å²) in [5.41, 5.74) is 0. The summed E-state index contributed by atoms with van der Waals surface area (Å²) in [4.78, 5) is 25.5. The zero-order chi connectivity index (χ0) is 11.4. The van der Waals surface area contributed by atoms with Crippen molar-refractivity contribution in [1.29, 1.82) is 0 Å². The molecule has 0 aliphatic rings. The number of carboxylic acids is 1. The van der Waals surface area contributed by atoms with Gasteiger partial charge in [-0.15, -0.1) is 0 Å². The predicted molar refractivity (Wildman–Crippen MR) is 54.3 cm³/mol. The molecule has 1 aromatic rings. The number of nitrogens with zero attached hydrogens (tertiary/aromatic N) is 3. The number of hydrogen-bond donors (Lipinski definition) is 1. The van der Waals surface area contributed by atoms with Crippen LogP contribution in [0.1, 0.15) is 6.42 Å². The maximum atomic E-state index is 10.4. The summed E-state index contributed by atoms with van der Waals surface area (Å²) in [6.45, 7) is 0.278. The largest absolute Gasteiger partial charge is 0.481 e. The van der Waals surface area contributed by atoms with Gasteiger partial charge in [-0.1, -0.05) is 0 Å². The van der Waals surface area contributed by atoms with E-state index in [1.165, 1.54) is 0 Å². The Morgan fingerprint density at radius 3 is 2.93 bits per heavy atom. The molecule has 7 nitrogen and oxygen atoms in total. The van der Waals surface area contributed by atoms with Gasteiger partial charge in [-0.2, -0.15) is 0 Å². The monoisotopic (exact) mass is 231 g/mol. The fourth-order valence-corrected chi connectivity index (χ4v) is 1.60. The van der Waals surface area contributed by atoms with Gasteiger partial charge in [-0.3, -0.25) is 14.9 Å². The normalized spacial score (nSPS) is 9.93. The molecule has 0 aliphatic heterocycles. The molecule has 0 spiro atoms. The van der Waals surface area contributed by atoms with Crippen LogP contribution in [0.5, 0.6) is 0 Å². The van der Waals surface area contributed by atoms with Crippen molar-refractivity contribution >= 4 is 27.4 Å². The highest BCUT2D eigenvalue weighted by Crippen LogP contribution is 2.27. The Hall–Kier alpha value is -1.70. The molecule has 0 atom stereocenters. The quantitative estimate of drug-likeness (QED) is 0.598. The molecule has 0 aromatic carbocycles. The molecule has 8 heteroatoms. The van der Waals surface area contributed by atoms with Gasteiger partial charge in [-0.05, 0) is 11.3 Å². The minimum atomic E-state index is -0.909. The van der Waals surface area contributed by atoms with E-state index < -0.39 is 10.9 Å². The van der Waals surface area contributed by atoms with Crippen molar-refractivity contribution in [1.82, 2.24) is 4.98 Å². The summed E-state index contributed by atoms with van der Waals surface area (Å²) >= 11 is 0.924. The first kappa shape index (κ1) is 11.4. The van der Waals surface area contributed by atoms with Crippen LogP contribution in [-0.2, 0) is 4.79 Å². The first-order chi connectivity index (χ1) is 7.00. The van der Waals surface area contributed by atoms with Crippen molar-refractivity contribution in [3.05, 3.63) is 16.3 Å². The molecular weight excluding hydrogens is 222 g/mol. The summed E-state index contributed by atoms with van der Waals surface area (Å²) in [5, 5.41) is 19.2. The molecule has 82 valence electrons. The Balaban J connectivity index is 2.61. The fourth-order valence-electron chi connectivity index (χ4n) is 0.877. The number of aromatic nitrogens is 1. The van der Waals surface area contributed by atoms with Gasteiger partial charge >= 0.3 is 11.0 Å². The van der Waals surface area contributed by atoms with Crippen molar-refractivity contribution in [3.8, 4) is 0 Å². The van der Waals surface area contributed by atoms with Crippen molar-refractivity contribution in [2.45, 2.75) is 6.42 Å². The molecular formula is C7H9N3O4S. The molecule has 1 rings (SSSR count). The number of nitro groups is 1. The topological polar surface area (TPSA) is 96.6 Å². The van der Waals surface area contributed by atoms with Crippen LogP contribution in [0.3, 0.4) is 0 Å². The zero-order valence-corrected chi connectivity index (χ0v) is 8.73. The van der Waals surface area contributed by atoms with E-state index >= 15 is 0 Å². The van der Waals surface area contributed by atoms with Gasteiger partial charge in [-0.25, -0.2) is 4.98 Å². The van der Waals surface area contributed by atoms with E-state index in [0.29, 0.717) is 5.13 Å². The summed E-state index contributed by atoms with van der Waals surface area (Å²) in [6.07, 6.45) is 1.14. The maximum Gasteiger partial charge on any atom is 0.345 e. The molecule has 0 bridgehead atoms. The van der Waals surface area contributed by atoms with Crippen molar-refractivity contribution in [3.63, 3.8) is 0 Å². The highest BCUT2D eigenvalue weighted by Gasteiger charge is 2.14. The van der Waals surface area contributed by atoms with E-state index in [9.17, 15) is 14.9 Å². The molecule has 0 radical (unpaired) electrons. The number of carboxylic acid groups (broad SMARTS) is 1. The minimum absolute atomic E-state index is 0.0239. The lowest BCUT2D eigenvalue weighted by atomic mass is 10.4. The van der Waals surface area contributed by atoms with Crippen LogP contribution in [0.4, 0.5) is 10.1 Å². The molecule has 1 N–H and O–H groups in total. The molecule has 15 heavy (non-hydrogen) atoms. The second kappa shape index (κ2) is 4.69. The third kappa shape index (κ3) is 3.17. The third-order valence-corrected chi connectivity index (χ3v) is 2.71. The molecule has 0 fully saturated rings. The number of hydrogen-bond acceptors (Lipinski definition) is 6.